The molecule has 1 N–H and O–H groups in total. The zero-order valence-corrected chi connectivity index (χ0v) is 12.8. The van der Waals surface area contributed by atoms with Crippen molar-refractivity contribution in [3.8, 4) is 0 Å². The maximum atomic E-state index is 12.3. The lowest BCUT2D eigenvalue weighted by Gasteiger charge is -2.28. The molecule has 1 amide bonds. The summed E-state index contributed by atoms with van der Waals surface area (Å²) in [5.74, 6) is 0.303. The first-order valence-electron chi connectivity index (χ1n) is 7.99. The number of amides is 1. The third-order valence-electron chi connectivity index (χ3n) is 4.57. The molecule has 2 aromatic rings. The van der Waals surface area contributed by atoms with Crippen molar-refractivity contribution < 1.29 is 9.21 Å². The maximum Gasteiger partial charge on any atom is 0.287 e. The van der Waals surface area contributed by atoms with Gasteiger partial charge < -0.3 is 9.73 Å². The van der Waals surface area contributed by atoms with Crippen LogP contribution in [0.1, 0.15) is 49.6 Å². The standard InChI is InChI=1S/C18H21NO3/c1-12(13-7-3-2-4-8-13)19-18(21)17-11-15(20)14-9-5-6-10-16(14)22-17/h5-6,9-13H,2-4,7-8H2,1H3,(H,19,21)/t12-/m0/s1. The average molecular weight is 299 g/mol. The highest BCUT2D eigenvalue weighted by atomic mass is 16.3. The third kappa shape index (κ3) is 3.06. The van der Waals surface area contributed by atoms with Gasteiger partial charge in [0.05, 0.1) is 5.39 Å². The predicted molar refractivity (Wildman–Crippen MR) is 86.0 cm³/mol. The number of carbonyl (C=O) groups is 1. The van der Waals surface area contributed by atoms with Crippen molar-refractivity contribution in [2.45, 2.75) is 45.1 Å². The van der Waals surface area contributed by atoms with Gasteiger partial charge in [-0.25, -0.2) is 0 Å². The molecule has 4 nitrogen and oxygen atoms in total. The molecule has 0 aliphatic heterocycles. The monoisotopic (exact) mass is 299 g/mol. The molecule has 1 heterocycles. The molecule has 1 saturated carbocycles. The Hall–Kier alpha value is -2.10. The Labute approximate surface area is 129 Å². The summed E-state index contributed by atoms with van der Waals surface area (Å²) in [4.78, 5) is 24.4. The number of hydrogen-bond donors (Lipinski definition) is 1. The molecule has 1 fully saturated rings. The first-order valence-corrected chi connectivity index (χ1v) is 7.99. The highest BCUT2D eigenvalue weighted by molar-refractivity contribution is 5.93. The molecule has 1 aromatic heterocycles. The van der Waals surface area contributed by atoms with E-state index in [-0.39, 0.29) is 23.1 Å². The highest BCUT2D eigenvalue weighted by Crippen LogP contribution is 2.26. The number of hydrogen-bond acceptors (Lipinski definition) is 3. The van der Waals surface area contributed by atoms with Crippen molar-refractivity contribution in [1.29, 1.82) is 0 Å². The van der Waals surface area contributed by atoms with E-state index in [4.69, 9.17) is 4.42 Å². The summed E-state index contributed by atoms with van der Waals surface area (Å²) in [6.45, 7) is 2.03. The average Bonchev–Trinajstić information content (AvgIpc) is 2.55. The van der Waals surface area contributed by atoms with Crippen LogP contribution in [0.5, 0.6) is 0 Å². The molecule has 4 heteroatoms. The van der Waals surface area contributed by atoms with Gasteiger partial charge in [0.25, 0.3) is 5.91 Å². The molecule has 1 aromatic carbocycles. The van der Waals surface area contributed by atoms with Crippen LogP contribution in [0, 0.1) is 5.92 Å². The van der Waals surface area contributed by atoms with Gasteiger partial charge in [0.1, 0.15) is 5.58 Å². The summed E-state index contributed by atoms with van der Waals surface area (Å²) in [5, 5.41) is 3.49. The topological polar surface area (TPSA) is 59.3 Å². The van der Waals surface area contributed by atoms with E-state index >= 15 is 0 Å². The van der Waals surface area contributed by atoms with E-state index in [9.17, 15) is 9.59 Å². The van der Waals surface area contributed by atoms with Crippen molar-refractivity contribution in [2.24, 2.45) is 5.92 Å². The number of carbonyl (C=O) groups excluding carboxylic acids is 1. The largest absolute Gasteiger partial charge is 0.451 e. The van der Waals surface area contributed by atoms with Crippen LogP contribution >= 0.6 is 0 Å². The minimum Gasteiger partial charge on any atom is -0.451 e. The number of rotatable bonds is 3. The molecule has 1 aliphatic carbocycles. The van der Waals surface area contributed by atoms with Crippen LogP contribution in [0.25, 0.3) is 11.0 Å². The molecule has 0 bridgehead atoms. The minimum absolute atomic E-state index is 0.0892. The number of fused-ring (bicyclic) bond motifs is 1. The van der Waals surface area contributed by atoms with E-state index in [1.165, 1.54) is 25.3 Å². The molecule has 0 spiro atoms. The van der Waals surface area contributed by atoms with Crippen molar-refractivity contribution in [3.63, 3.8) is 0 Å². The normalized spacial score (nSPS) is 17.3. The Kier molecular flexibility index (Phi) is 4.27. The molecule has 1 aliphatic rings. The zero-order chi connectivity index (χ0) is 15.5. The van der Waals surface area contributed by atoms with E-state index in [1.807, 2.05) is 6.92 Å². The molecule has 22 heavy (non-hydrogen) atoms. The molecule has 116 valence electrons. The van der Waals surface area contributed by atoms with E-state index < -0.39 is 0 Å². The van der Waals surface area contributed by atoms with Crippen molar-refractivity contribution in [3.05, 3.63) is 46.3 Å². The zero-order valence-electron chi connectivity index (χ0n) is 12.8. The first kappa shape index (κ1) is 14.8. The number of benzene rings is 1. The Morgan fingerprint density at radius 2 is 1.95 bits per heavy atom. The van der Waals surface area contributed by atoms with Crippen molar-refractivity contribution in [1.82, 2.24) is 5.32 Å². The summed E-state index contributed by atoms with van der Waals surface area (Å²) in [7, 11) is 0. The molecule has 0 unspecified atom stereocenters. The fourth-order valence-corrected chi connectivity index (χ4v) is 3.25. The van der Waals surface area contributed by atoms with Gasteiger partial charge in [-0.05, 0) is 37.8 Å². The quantitative estimate of drug-likeness (QED) is 0.943. The summed E-state index contributed by atoms with van der Waals surface area (Å²) in [6.07, 6.45) is 6.06. The Morgan fingerprint density at radius 1 is 1.23 bits per heavy atom. The SMILES string of the molecule is C[C@H](NC(=O)c1cc(=O)c2ccccc2o1)C1CCCCC1. The molecule has 0 radical (unpaired) electrons. The molecule has 1 atom stereocenters. The molecular weight excluding hydrogens is 278 g/mol. The summed E-state index contributed by atoms with van der Waals surface area (Å²) >= 11 is 0. The number of para-hydroxylation sites is 1. The van der Waals surface area contributed by atoms with Crippen LogP contribution in [0.4, 0.5) is 0 Å². The summed E-state index contributed by atoms with van der Waals surface area (Å²) in [5.41, 5.74) is 0.266. The second-order valence-electron chi connectivity index (χ2n) is 6.13. The Morgan fingerprint density at radius 3 is 2.73 bits per heavy atom. The summed E-state index contributed by atoms with van der Waals surface area (Å²) < 4.78 is 5.58. The van der Waals surface area contributed by atoms with Crippen molar-refractivity contribution >= 4 is 16.9 Å². The van der Waals surface area contributed by atoms with Crippen LogP contribution < -0.4 is 10.7 Å². The second-order valence-corrected chi connectivity index (χ2v) is 6.13. The van der Waals surface area contributed by atoms with Gasteiger partial charge in [0.15, 0.2) is 11.2 Å². The van der Waals surface area contributed by atoms with Gasteiger partial charge in [-0.3, -0.25) is 9.59 Å². The highest BCUT2D eigenvalue weighted by Gasteiger charge is 2.23. The smallest absolute Gasteiger partial charge is 0.287 e. The minimum atomic E-state index is -0.305. The lowest BCUT2D eigenvalue weighted by atomic mass is 9.84. The fraction of sp³-hybridized carbons (Fsp3) is 0.444. The van der Waals surface area contributed by atoms with Gasteiger partial charge in [0.2, 0.25) is 0 Å². The lowest BCUT2D eigenvalue weighted by Crippen LogP contribution is -2.39. The number of nitrogens with one attached hydrogen (secondary N) is 1. The van der Waals surface area contributed by atoms with Gasteiger partial charge in [-0.1, -0.05) is 31.4 Å². The molecular formula is C18H21NO3. The Balaban J connectivity index is 1.78. The van der Waals surface area contributed by atoms with E-state index in [0.29, 0.717) is 16.9 Å². The van der Waals surface area contributed by atoms with Crippen molar-refractivity contribution in [2.75, 3.05) is 0 Å². The maximum absolute atomic E-state index is 12.3. The molecule has 0 saturated heterocycles. The molecule has 3 rings (SSSR count). The van der Waals surface area contributed by atoms with Gasteiger partial charge in [-0.15, -0.1) is 0 Å². The van der Waals surface area contributed by atoms with Gasteiger partial charge in [-0.2, -0.15) is 0 Å². The van der Waals surface area contributed by atoms with Crippen LogP contribution in [-0.2, 0) is 0 Å². The van der Waals surface area contributed by atoms with Crippen LogP contribution in [0.2, 0.25) is 0 Å². The van der Waals surface area contributed by atoms with Crippen LogP contribution in [0.15, 0.2) is 39.5 Å². The summed E-state index contributed by atoms with van der Waals surface area (Å²) in [6, 6.07) is 8.36. The third-order valence-corrected chi connectivity index (χ3v) is 4.57. The second kappa shape index (κ2) is 6.34. The first-order chi connectivity index (χ1) is 10.6. The van der Waals surface area contributed by atoms with Gasteiger partial charge in [0, 0.05) is 12.1 Å². The van der Waals surface area contributed by atoms with E-state index in [0.717, 1.165) is 12.8 Å². The predicted octanol–water partition coefficient (Wildman–Crippen LogP) is 3.49. The van der Waals surface area contributed by atoms with Crippen LogP contribution in [0.3, 0.4) is 0 Å². The Bertz CT molecular complexity index is 728. The lowest BCUT2D eigenvalue weighted by molar-refractivity contribution is 0.0891. The van der Waals surface area contributed by atoms with E-state index in [2.05, 4.69) is 5.32 Å². The fourth-order valence-electron chi connectivity index (χ4n) is 3.25. The van der Waals surface area contributed by atoms with Gasteiger partial charge >= 0.3 is 0 Å². The van der Waals surface area contributed by atoms with Crippen LogP contribution in [-0.4, -0.2) is 11.9 Å². The van der Waals surface area contributed by atoms with E-state index in [1.54, 1.807) is 24.3 Å².